The second kappa shape index (κ2) is 10.3. The number of methoxy groups -OCH3 is 1. The fourth-order valence-corrected chi connectivity index (χ4v) is 3.31. The normalized spacial score (nSPS) is 12.2. The van der Waals surface area contributed by atoms with E-state index in [4.69, 9.17) is 10.5 Å². The molecule has 0 spiro atoms. The lowest BCUT2D eigenvalue weighted by Crippen LogP contribution is -2.17. The lowest BCUT2D eigenvalue weighted by Gasteiger charge is -2.15. The van der Waals surface area contributed by atoms with Crippen molar-refractivity contribution in [1.29, 1.82) is 0 Å². The lowest BCUT2D eigenvalue weighted by molar-refractivity contribution is -0.141. The smallest absolute Gasteiger partial charge is 0.416 e. The number of nitrogens with two attached hydrogens (primary N) is 1. The summed E-state index contributed by atoms with van der Waals surface area (Å²) in [5, 5.41) is 0. The molecule has 0 aliphatic heterocycles. The molecule has 5 nitrogen and oxygen atoms in total. The molecule has 172 valence electrons. The Balaban J connectivity index is 1.71. The summed E-state index contributed by atoms with van der Waals surface area (Å²) in [5.41, 5.74) is 8.32. The summed E-state index contributed by atoms with van der Waals surface area (Å²) in [6, 6.07) is 16.3. The molecule has 3 aromatic carbocycles. The summed E-state index contributed by atoms with van der Waals surface area (Å²) in [6.45, 7) is 0.181. The Hall–Kier alpha value is -3.65. The number of aldehydes is 1. The maximum atomic E-state index is 12.8. The van der Waals surface area contributed by atoms with E-state index in [2.05, 4.69) is 4.74 Å². The van der Waals surface area contributed by atoms with Gasteiger partial charge in [-0.25, -0.2) is 0 Å². The Morgan fingerprint density at radius 3 is 2.39 bits per heavy atom. The lowest BCUT2D eigenvalue weighted by atomic mass is 9.99. The van der Waals surface area contributed by atoms with Gasteiger partial charge in [0.15, 0.2) is 6.29 Å². The highest BCUT2D eigenvalue weighted by atomic mass is 19.4. The summed E-state index contributed by atoms with van der Waals surface area (Å²) in [7, 11) is 1.26. The summed E-state index contributed by atoms with van der Waals surface area (Å²) in [5.74, 6) is -0.0429. The van der Waals surface area contributed by atoms with Crippen molar-refractivity contribution in [2.24, 2.45) is 5.73 Å². The minimum atomic E-state index is -4.38. The summed E-state index contributed by atoms with van der Waals surface area (Å²) >= 11 is 0. The van der Waals surface area contributed by atoms with Crippen molar-refractivity contribution in [2.75, 3.05) is 7.11 Å². The number of hydrogen-bond acceptors (Lipinski definition) is 5. The first kappa shape index (κ1) is 24.0. The van der Waals surface area contributed by atoms with Gasteiger partial charge in [-0.3, -0.25) is 9.59 Å². The van der Waals surface area contributed by atoms with Crippen LogP contribution in [-0.4, -0.2) is 19.4 Å². The van der Waals surface area contributed by atoms with Crippen LogP contribution in [0.3, 0.4) is 0 Å². The van der Waals surface area contributed by atoms with Crippen molar-refractivity contribution in [3.8, 4) is 16.9 Å². The number of halogens is 3. The second-order valence-electron chi connectivity index (χ2n) is 7.36. The van der Waals surface area contributed by atoms with Gasteiger partial charge in [0.1, 0.15) is 12.4 Å². The zero-order valence-corrected chi connectivity index (χ0v) is 17.8. The molecular formula is C25H22F3NO4. The van der Waals surface area contributed by atoms with Crippen molar-refractivity contribution < 1.29 is 32.2 Å². The zero-order valence-electron chi connectivity index (χ0n) is 17.8. The Morgan fingerprint density at radius 1 is 1.03 bits per heavy atom. The van der Waals surface area contributed by atoms with Gasteiger partial charge in [0.2, 0.25) is 0 Å². The van der Waals surface area contributed by atoms with Gasteiger partial charge in [0, 0.05) is 11.6 Å². The highest BCUT2D eigenvalue weighted by Crippen LogP contribution is 2.31. The maximum Gasteiger partial charge on any atom is 0.416 e. The van der Waals surface area contributed by atoms with E-state index < -0.39 is 23.8 Å². The van der Waals surface area contributed by atoms with Gasteiger partial charge in [-0.2, -0.15) is 13.2 Å². The number of benzene rings is 3. The molecule has 0 aliphatic rings. The molecular weight excluding hydrogens is 435 g/mol. The molecule has 0 saturated carbocycles. The predicted octanol–water partition coefficient (Wildman–Crippen LogP) is 5.33. The molecule has 2 N–H and O–H groups in total. The van der Waals surface area contributed by atoms with Crippen molar-refractivity contribution >= 4 is 12.3 Å². The largest absolute Gasteiger partial charge is 0.489 e. The average Bonchev–Trinajstić information content (AvgIpc) is 2.82. The van der Waals surface area contributed by atoms with E-state index in [1.54, 1.807) is 30.3 Å². The SMILES string of the molecule is COC(=O)CC(N)c1ccc(OCc2cccc(-c3ccc(C(F)(F)F)cc3)c2)cc1C=O. The Labute approximate surface area is 188 Å². The first-order chi connectivity index (χ1) is 15.7. The number of alkyl halides is 3. The summed E-state index contributed by atoms with van der Waals surface area (Å²) < 4.78 is 48.7. The third-order valence-corrected chi connectivity index (χ3v) is 5.08. The van der Waals surface area contributed by atoms with Crippen LogP contribution in [-0.2, 0) is 22.3 Å². The van der Waals surface area contributed by atoms with E-state index in [9.17, 15) is 22.8 Å². The number of carbonyl (C=O) groups excluding carboxylic acids is 2. The van der Waals surface area contributed by atoms with Gasteiger partial charge < -0.3 is 15.2 Å². The highest BCUT2D eigenvalue weighted by Gasteiger charge is 2.29. The number of esters is 1. The monoisotopic (exact) mass is 457 g/mol. The van der Waals surface area contributed by atoms with Gasteiger partial charge in [-0.05, 0) is 52.6 Å². The van der Waals surface area contributed by atoms with E-state index in [0.29, 0.717) is 28.7 Å². The van der Waals surface area contributed by atoms with Gasteiger partial charge in [0.05, 0.1) is 19.1 Å². The minimum absolute atomic E-state index is 0.0612. The molecule has 0 amide bonds. The van der Waals surface area contributed by atoms with E-state index in [-0.39, 0.29) is 13.0 Å². The molecule has 3 aromatic rings. The van der Waals surface area contributed by atoms with Crippen molar-refractivity contribution in [3.63, 3.8) is 0 Å². The van der Waals surface area contributed by atoms with Crippen LogP contribution in [0.1, 0.15) is 39.5 Å². The molecule has 0 bridgehead atoms. The topological polar surface area (TPSA) is 78.6 Å². The van der Waals surface area contributed by atoms with E-state index >= 15 is 0 Å². The van der Waals surface area contributed by atoms with Crippen LogP contribution >= 0.6 is 0 Å². The van der Waals surface area contributed by atoms with E-state index in [1.807, 2.05) is 12.1 Å². The van der Waals surface area contributed by atoms with Gasteiger partial charge in [0.25, 0.3) is 0 Å². The van der Waals surface area contributed by atoms with E-state index in [1.165, 1.54) is 19.2 Å². The van der Waals surface area contributed by atoms with Crippen LogP contribution in [0.2, 0.25) is 0 Å². The molecule has 0 radical (unpaired) electrons. The summed E-state index contributed by atoms with van der Waals surface area (Å²) in [4.78, 5) is 23.0. The van der Waals surface area contributed by atoms with Crippen LogP contribution in [0.25, 0.3) is 11.1 Å². The Morgan fingerprint density at radius 2 is 1.76 bits per heavy atom. The Bertz CT molecular complexity index is 1130. The van der Waals surface area contributed by atoms with E-state index in [0.717, 1.165) is 23.3 Å². The van der Waals surface area contributed by atoms with Crippen molar-refractivity contribution in [1.82, 2.24) is 0 Å². The number of rotatable bonds is 8. The van der Waals surface area contributed by atoms with Crippen molar-refractivity contribution in [3.05, 3.63) is 89.0 Å². The number of ether oxygens (including phenoxy) is 2. The maximum absolute atomic E-state index is 12.8. The number of carbonyl (C=O) groups is 2. The molecule has 1 unspecified atom stereocenters. The van der Waals surface area contributed by atoms with Crippen molar-refractivity contribution in [2.45, 2.75) is 25.2 Å². The number of hydrogen-bond donors (Lipinski definition) is 1. The average molecular weight is 457 g/mol. The molecule has 0 heterocycles. The fraction of sp³-hybridized carbons (Fsp3) is 0.200. The fourth-order valence-electron chi connectivity index (χ4n) is 3.31. The molecule has 0 fully saturated rings. The predicted molar refractivity (Wildman–Crippen MR) is 117 cm³/mol. The molecule has 3 rings (SSSR count). The molecule has 8 heteroatoms. The molecule has 33 heavy (non-hydrogen) atoms. The van der Waals surface area contributed by atoms with Crippen LogP contribution < -0.4 is 10.5 Å². The third kappa shape index (κ3) is 6.20. The summed E-state index contributed by atoms with van der Waals surface area (Å²) in [6.07, 6.45) is -3.80. The second-order valence-corrected chi connectivity index (χ2v) is 7.36. The molecule has 0 saturated heterocycles. The minimum Gasteiger partial charge on any atom is -0.489 e. The van der Waals surface area contributed by atoms with Gasteiger partial charge in [-0.15, -0.1) is 0 Å². The molecule has 0 aromatic heterocycles. The van der Waals surface area contributed by atoms with Crippen LogP contribution in [0.15, 0.2) is 66.7 Å². The Kier molecular flexibility index (Phi) is 7.50. The van der Waals surface area contributed by atoms with Crippen LogP contribution in [0.4, 0.5) is 13.2 Å². The first-order valence-corrected chi connectivity index (χ1v) is 10.0. The standard InChI is InChI=1S/C25H22F3NO4/c1-32-24(31)13-23(29)22-10-9-21(12-19(22)14-30)33-15-16-3-2-4-18(11-16)17-5-7-20(8-6-17)25(26,27)28/h2-12,14,23H,13,15,29H2,1H3. The zero-order chi connectivity index (χ0) is 24.0. The van der Waals surface area contributed by atoms with Gasteiger partial charge in [-0.1, -0.05) is 36.4 Å². The highest BCUT2D eigenvalue weighted by molar-refractivity contribution is 5.79. The molecule has 1 atom stereocenters. The molecule has 0 aliphatic carbocycles. The first-order valence-electron chi connectivity index (χ1n) is 10.0. The van der Waals surface area contributed by atoms with Crippen LogP contribution in [0, 0.1) is 0 Å². The van der Waals surface area contributed by atoms with Gasteiger partial charge >= 0.3 is 12.1 Å². The third-order valence-electron chi connectivity index (χ3n) is 5.08. The van der Waals surface area contributed by atoms with Crippen LogP contribution in [0.5, 0.6) is 5.75 Å². The quantitative estimate of drug-likeness (QED) is 0.366.